The molecule has 0 radical (unpaired) electrons. The SMILES string of the molecule is Cc1cc2oc(=O)cc(CN3C(=O)C(C)N(c4ccc(F)cc4)C3=O)c2cc1Cl. The number of benzene rings is 2. The zero-order valence-corrected chi connectivity index (χ0v) is 16.4. The van der Waals surface area contributed by atoms with Gasteiger partial charge >= 0.3 is 11.7 Å². The number of hydrogen-bond acceptors (Lipinski definition) is 4. The van der Waals surface area contributed by atoms with Gasteiger partial charge in [-0.1, -0.05) is 11.6 Å². The average Bonchev–Trinajstić information content (AvgIpc) is 2.87. The van der Waals surface area contributed by atoms with Gasteiger partial charge in [-0.3, -0.25) is 14.6 Å². The number of aryl methyl sites for hydroxylation is 1. The molecule has 1 aromatic heterocycles. The van der Waals surface area contributed by atoms with E-state index < -0.39 is 29.4 Å². The van der Waals surface area contributed by atoms with Gasteiger partial charge in [0.25, 0.3) is 5.91 Å². The van der Waals surface area contributed by atoms with Gasteiger partial charge in [-0.25, -0.2) is 14.0 Å². The standard InChI is InChI=1S/C21H16ClFN2O4/c1-11-7-18-16(9-17(11)22)13(8-19(26)29-18)10-24-20(27)12(2)25(21(24)28)15-5-3-14(23)4-6-15/h3-9,12H,10H2,1-2H3. The number of halogens is 2. The molecule has 2 heterocycles. The number of hydrogen-bond donors (Lipinski definition) is 0. The molecule has 0 N–H and O–H groups in total. The average molecular weight is 415 g/mol. The molecule has 148 valence electrons. The van der Waals surface area contributed by atoms with Crippen LogP contribution >= 0.6 is 11.6 Å². The number of imide groups is 1. The summed E-state index contributed by atoms with van der Waals surface area (Å²) in [5.41, 5.74) is 1.35. The van der Waals surface area contributed by atoms with Gasteiger partial charge in [-0.15, -0.1) is 0 Å². The third-order valence-corrected chi connectivity index (χ3v) is 5.40. The van der Waals surface area contributed by atoms with E-state index in [0.717, 1.165) is 10.5 Å². The predicted molar refractivity (Wildman–Crippen MR) is 107 cm³/mol. The van der Waals surface area contributed by atoms with Gasteiger partial charge in [-0.05, 0) is 61.4 Å². The van der Waals surface area contributed by atoms with Crippen molar-refractivity contribution in [3.63, 3.8) is 0 Å². The maximum Gasteiger partial charge on any atom is 0.336 e. The Morgan fingerprint density at radius 3 is 2.48 bits per heavy atom. The van der Waals surface area contributed by atoms with Crippen molar-refractivity contribution in [1.29, 1.82) is 0 Å². The van der Waals surface area contributed by atoms with Crippen molar-refractivity contribution in [3.05, 3.63) is 74.9 Å². The van der Waals surface area contributed by atoms with E-state index in [9.17, 15) is 18.8 Å². The van der Waals surface area contributed by atoms with Crippen molar-refractivity contribution in [2.45, 2.75) is 26.4 Å². The minimum absolute atomic E-state index is 0.110. The third kappa shape index (κ3) is 3.27. The highest BCUT2D eigenvalue weighted by Gasteiger charge is 2.43. The fourth-order valence-corrected chi connectivity index (χ4v) is 3.62. The smallest absolute Gasteiger partial charge is 0.336 e. The van der Waals surface area contributed by atoms with E-state index in [2.05, 4.69) is 0 Å². The first-order valence-electron chi connectivity index (χ1n) is 8.89. The summed E-state index contributed by atoms with van der Waals surface area (Å²) in [6.07, 6.45) is 0. The Morgan fingerprint density at radius 2 is 1.79 bits per heavy atom. The molecule has 0 spiro atoms. The molecule has 1 atom stereocenters. The zero-order valence-electron chi connectivity index (χ0n) is 15.6. The van der Waals surface area contributed by atoms with Crippen molar-refractivity contribution in [3.8, 4) is 0 Å². The van der Waals surface area contributed by atoms with E-state index in [1.165, 1.54) is 35.2 Å². The molecule has 3 aromatic rings. The number of fused-ring (bicyclic) bond motifs is 1. The maximum atomic E-state index is 13.2. The molecule has 8 heteroatoms. The minimum atomic E-state index is -0.759. The van der Waals surface area contributed by atoms with E-state index in [4.69, 9.17) is 16.0 Å². The summed E-state index contributed by atoms with van der Waals surface area (Å²) in [6, 6.07) is 8.57. The summed E-state index contributed by atoms with van der Waals surface area (Å²) in [5, 5.41) is 1.03. The molecule has 1 aliphatic heterocycles. The Balaban J connectivity index is 1.74. The second-order valence-corrected chi connectivity index (χ2v) is 7.32. The summed E-state index contributed by atoms with van der Waals surface area (Å²) in [5.74, 6) is -0.857. The molecule has 4 rings (SSSR count). The lowest BCUT2D eigenvalue weighted by molar-refractivity contribution is -0.127. The van der Waals surface area contributed by atoms with E-state index in [-0.39, 0.29) is 6.54 Å². The van der Waals surface area contributed by atoms with Crippen LogP contribution in [0.4, 0.5) is 14.9 Å². The Hall–Kier alpha value is -3.19. The second-order valence-electron chi connectivity index (χ2n) is 6.92. The Kier molecular flexibility index (Phi) is 4.62. The van der Waals surface area contributed by atoms with Gasteiger partial charge < -0.3 is 4.42 Å². The van der Waals surface area contributed by atoms with Crippen molar-refractivity contribution >= 4 is 40.2 Å². The molecule has 2 aromatic carbocycles. The first kappa shape index (κ1) is 19.1. The quantitative estimate of drug-likeness (QED) is 0.474. The molecule has 29 heavy (non-hydrogen) atoms. The molecule has 1 saturated heterocycles. The first-order valence-corrected chi connectivity index (χ1v) is 9.27. The van der Waals surface area contributed by atoms with E-state index in [1.807, 2.05) is 0 Å². The molecule has 0 aliphatic carbocycles. The van der Waals surface area contributed by atoms with Crippen molar-refractivity contribution in [1.82, 2.24) is 4.90 Å². The van der Waals surface area contributed by atoms with Gasteiger partial charge in [-0.2, -0.15) is 0 Å². The summed E-state index contributed by atoms with van der Waals surface area (Å²) in [7, 11) is 0. The monoisotopic (exact) mass is 414 g/mol. The molecule has 6 nitrogen and oxygen atoms in total. The predicted octanol–water partition coefficient (Wildman–Crippen LogP) is 4.25. The summed E-state index contributed by atoms with van der Waals surface area (Å²) in [6.45, 7) is 3.27. The molecule has 3 amide bonds. The Labute approximate surface area is 170 Å². The van der Waals surface area contributed by atoms with Crippen LogP contribution in [0.1, 0.15) is 18.1 Å². The van der Waals surface area contributed by atoms with Crippen LogP contribution in [0.3, 0.4) is 0 Å². The molecule has 0 bridgehead atoms. The number of urea groups is 1. The van der Waals surface area contributed by atoms with Gasteiger partial charge in [0.1, 0.15) is 17.4 Å². The van der Waals surface area contributed by atoms with Crippen molar-refractivity contribution in [2.75, 3.05) is 4.90 Å². The summed E-state index contributed by atoms with van der Waals surface area (Å²) in [4.78, 5) is 40.1. The molecule has 1 aliphatic rings. The van der Waals surface area contributed by atoms with E-state index >= 15 is 0 Å². The number of nitrogens with zero attached hydrogens (tertiary/aromatic N) is 2. The third-order valence-electron chi connectivity index (χ3n) is 4.99. The normalized spacial score (nSPS) is 16.9. The van der Waals surface area contributed by atoms with Gasteiger partial charge in [0.2, 0.25) is 0 Å². The van der Waals surface area contributed by atoms with Gasteiger partial charge in [0.15, 0.2) is 0 Å². The van der Waals surface area contributed by atoms with Crippen LogP contribution in [-0.2, 0) is 11.3 Å². The van der Waals surface area contributed by atoms with Crippen LogP contribution in [0.5, 0.6) is 0 Å². The van der Waals surface area contributed by atoms with Crippen molar-refractivity contribution in [2.24, 2.45) is 0 Å². The van der Waals surface area contributed by atoms with Crippen molar-refractivity contribution < 1.29 is 18.4 Å². The summed E-state index contributed by atoms with van der Waals surface area (Å²) < 4.78 is 18.5. The maximum absolute atomic E-state index is 13.2. The number of rotatable bonds is 3. The number of amides is 3. The lowest BCUT2D eigenvalue weighted by Crippen LogP contribution is -2.33. The lowest BCUT2D eigenvalue weighted by atomic mass is 10.1. The molecule has 1 unspecified atom stereocenters. The fourth-order valence-electron chi connectivity index (χ4n) is 3.46. The Bertz CT molecular complexity index is 1210. The Morgan fingerprint density at radius 1 is 1.10 bits per heavy atom. The number of carbonyl (C=O) groups excluding carboxylic acids is 2. The van der Waals surface area contributed by atoms with E-state index in [0.29, 0.717) is 27.2 Å². The molecule has 1 fully saturated rings. The topological polar surface area (TPSA) is 70.8 Å². The number of carbonyl (C=O) groups is 2. The first-order chi connectivity index (χ1) is 13.8. The number of anilines is 1. The highest BCUT2D eigenvalue weighted by atomic mass is 35.5. The molecular formula is C21H16ClFN2O4. The largest absolute Gasteiger partial charge is 0.423 e. The molecule has 0 saturated carbocycles. The van der Waals surface area contributed by atoms with Crippen LogP contribution in [0.2, 0.25) is 5.02 Å². The highest BCUT2D eigenvalue weighted by molar-refractivity contribution is 6.32. The minimum Gasteiger partial charge on any atom is -0.423 e. The van der Waals surface area contributed by atoms with Gasteiger partial charge in [0.05, 0.1) is 6.54 Å². The zero-order chi connectivity index (χ0) is 20.9. The van der Waals surface area contributed by atoms with Crippen LogP contribution in [0, 0.1) is 12.7 Å². The van der Waals surface area contributed by atoms with Crippen LogP contribution in [-0.4, -0.2) is 22.9 Å². The van der Waals surface area contributed by atoms with Gasteiger partial charge in [0, 0.05) is 22.2 Å². The van der Waals surface area contributed by atoms with Crippen LogP contribution in [0.25, 0.3) is 11.0 Å². The lowest BCUT2D eigenvalue weighted by Gasteiger charge is -2.19. The second kappa shape index (κ2) is 7.00. The summed E-state index contributed by atoms with van der Waals surface area (Å²) >= 11 is 6.21. The molecular weight excluding hydrogens is 399 g/mol. The van der Waals surface area contributed by atoms with Crippen LogP contribution in [0.15, 0.2) is 51.7 Å². The van der Waals surface area contributed by atoms with Crippen LogP contribution < -0.4 is 10.5 Å². The van der Waals surface area contributed by atoms with E-state index in [1.54, 1.807) is 26.0 Å². The highest BCUT2D eigenvalue weighted by Crippen LogP contribution is 2.30. The fraction of sp³-hybridized carbons (Fsp3) is 0.190.